The number of ether oxygens (including phenoxy) is 1. The van der Waals surface area contributed by atoms with Crippen LogP contribution in [0.4, 0.5) is 0 Å². The summed E-state index contributed by atoms with van der Waals surface area (Å²) in [6.45, 7) is 5.17. The molecule has 1 N–H and O–H groups in total. The van der Waals surface area contributed by atoms with Gasteiger partial charge < -0.3 is 19.2 Å². The molecule has 1 aromatic heterocycles. The third kappa shape index (κ3) is 3.84. The van der Waals surface area contributed by atoms with Gasteiger partial charge in [0.05, 0.1) is 0 Å². The molecule has 1 atom stereocenters. The number of benzene rings is 1. The van der Waals surface area contributed by atoms with Gasteiger partial charge in [0.15, 0.2) is 0 Å². The van der Waals surface area contributed by atoms with Gasteiger partial charge in [0, 0.05) is 50.1 Å². The van der Waals surface area contributed by atoms with Crippen LogP contribution in [0.15, 0.2) is 22.6 Å². The van der Waals surface area contributed by atoms with E-state index in [2.05, 4.69) is 22.9 Å². The van der Waals surface area contributed by atoms with Crippen molar-refractivity contribution in [2.45, 2.75) is 31.8 Å². The summed E-state index contributed by atoms with van der Waals surface area (Å²) in [5.41, 5.74) is 2.31. The molecule has 25 heavy (non-hydrogen) atoms. The van der Waals surface area contributed by atoms with Crippen molar-refractivity contribution < 1.29 is 14.3 Å². The van der Waals surface area contributed by atoms with Gasteiger partial charge in [0.1, 0.15) is 29.8 Å². The molecule has 1 aromatic carbocycles. The third-order valence-corrected chi connectivity index (χ3v) is 5.43. The van der Waals surface area contributed by atoms with Crippen LogP contribution in [0.3, 0.4) is 0 Å². The van der Waals surface area contributed by atoms with Crippen LogP contribution >= 0.6 is 0 Å². The Bertz CT molecular complexity index is 719. The molecule has 0 radical (unpaired) electrons. The normalized spacial score (nSPS) is 20.6. The Balaban J connectivity index is 1.36. The number of aliphatic hydroxyl groups is 1. The molecular formula is C20H28N2O3. The molecule has 0 bridgehead atoms. The van der Waals surface area contributed by atoms with Gasteiger partial charge in [0.2, 0.25) is 0 Å². The molecule has 0 saturated carbocycles. The van der Waals surface area contributed by atoms with Gasteiger partial charge in [-0.2, -0.15) is 0 Å². The lowest BCUT2D eigenvalue weighted by atomic mass is 9.96. The van der Waals surface area contributed by atoms with Gasteiger partial charge in [-0.25, -0.2) is 0 Å². The van der Waals surface area contributed by atoms with Crippen LogP contribution in [-0.4, -0.2) is 67.4 Å². The zero-order valence-corrected chi connectivity index (χ0v) is 15.0. The Morgan fingerprint density at radius 3 is 2.80 bits per heavy atom. The molecule has 0 spiro atoms. The number of fused-ring (bicyclic) bond motifs is 3. The molecular weight excluding hydrogens is 316 g/mol. The number of hydrogen-bond acceptors (Lipinski definition) is 5. The fourth-order valence-corrected chi connectivity index (χ4v) is 3.91. The van der Waals surface area contributed by atoms with E-state index in [1.807, 2.05) is 12.1 Å². The molecule has 1 fully saturated rings. The van der Waals surface area contributed by atoms with Crippen LogP contribution < -0.4 is 4.74 Å². The highest BCUT2D eigenvalue weighted by atomic mass is 16.5. The Morgan fingerprint density at radius 2 is 1.96 bits per heavy atom. The number of hydrogen-bond donors (Lipinski definition) is 1. The van der Waals surface area contributed by atoms with E-state index in [9.17, 15) is 5.11 Å². The highest BCUT2D eigenvalue weighted by molar-refractivity contribution is 5.84. The van der Waals surface area contributed by atoms with E-state index in [1.54, 1.807) is 0 Å². The molecule has 2 aromatic rings. The molecule has 2 heterocycles. The second kappa shape index (κ2) is 7.36. The lowest BCUT2D eigenvalue weighted by Gasteiger charge is -2.33. The van der Waals surface area contributed by atoms with E-state index in [-0.39, 0.29) is 0 Å². The zero-order valence-electron chi connectivity index (χ0n) is 15.0. The van der Waals surface area contributed by atoms with Gasteiger partial charge in [-0.1, -0.05) is 0 Å². The first-order chi connectivity index (χ1) is 12.2. The van der Waals surface area contributed by atoms with E-state index in [1.165, 1.54) is 23.8 Å². The first-order valence-corrected chi connectivity index (χ1v) is 9.45. The first kappa shape index (κ1) is 16.9. The fourth-order valence-electron chi connectivity index (χ4n) is 3.91. The van der Waals surface area contributed by atoms with Crippen LogP contribution in [-0.2, 0) is 12.8 Å². The van der Waals surface area contributed by atoms with Gasteiger partial charge in [-0.15, -0.1) is 0 Å². The van der Waals surface area contributed by atoms with Gasteiger partial charge >= 0.3 is 0 Å². The van der Waals surface area contributed by atoms with Crippen LogP contribution in [0.1, 0.15) is 24.2 Å². The van der Waals surface area contributed by atoms with Crippen molar-refractivity contribution in [3.05, 3.63) is 29.5 Å². The quantitative estimate of drug-likeness (QED) is 0.902. The van der Waals surface area contributed by atoms with Gasteiger partial charge in [-0.3, -0.25) is 4.90 Å². The van der Waals surface area contributed by atoms with Crippen molar-refractivity contribution in [3.63, 3.8) is 0 Å². The minimum Gasteiger partial charge on any atom is -0.491 e. The van der Waals surface area contributed by atoms with Crippen LogP contribution in [0, 0.1) is 0 Å². The van der Waals surface area contributed by atoms with Crippen LogP contribution in [0.25, 0.3) is 11.0 Å². The summed E-state index contributed by atoms with van der Waals surface area (Å²) < 4.78 is 11.8. The summed E-state index contributed by atoms with van der Waals surface area (Å²) in [6, 6.07) is 6.02. The molecule has 5 nitrogen and oxygen atoms in total. The molecule has 1 aliphatic carbocycles. The maximum absolute atomic E-state index is 10.3. The van der Waals surface area contributed by atoms with E-state index in [0.717, 1.165) is 56.1 Å². The summed E-state index contributed by atoms with van der Waals surface area (Å²) in [5, 5.41) is 11.5. The summed E-state index contributed by atoms with van der Waals surface area (Å²) in [4.78, 5) is 4.63. The van der Waals surface area contributed by atoms with Gasteiger partial charge in [0.25, 0.3) is 0 Å². The number of furan rings is 1. The Labute approximate surface area is 149 Å². The second-order valence-electron chi connectivity index (χ2n) is 7.44. The second-order valence-corrected chi connectivity index (χ2v) is 7.44. The number of aliphatic hydroxyl groups excluding tert-OH is 1. The van der Waals surface area contributed by atoms with E-state index >= 15 is 0 Å². The lowest BCUT2D eigenvalue weighted by molar-refractivity contribution is 0.0505. The molecule has 2 aliphatic rings. The Morgan fingerprint density at radius 1 is 1.16 bits per heavy atom. The molecule has 1 saturated heterocycles. The summed E-state index contributed by atoms with van der Waals surface area (Å²) in [5.74, 6) is 1.97. The fraction of sp³-hybridized carbons (Fsp3) is 0.600. The number of piperazine rings is 1. The van der Waals surface area contributed by atoms with Gasteiger partial charge in [-0.05, 0) is 44.5 Å². The summed E-state index contributed by atoms with van der Waals surface area (Å²) in [7, 11) is 2.14. The average molecular weight is 344 g/mol. The standard InChI is InChI=1S/C20H28N2O3/c1-21-8-10-22(11-9-21)13-15(23)14-24-16-6-7-20-18(12-16)17-4-2-3-5-19(17)25-20/h6-7,12,15,23H,2-5,8-11,13-14H2,1H3. The Hall–Kier alpha value is -1.56. The maximum Gasteiger partial charge on any atom is 0.134 e. The largest absolute Gasteiger partial charge is 0.491 e. The Kier molecular flexibility index (Phi) is 4.97. The molecule has 4 rings (SSSR count). The maximum atomic E-state index is 10.3. The molecule has 0 amide bonds. The number of likely N-dealkylation sites (N-methyl/N-ethyl adjacent to an activating group) is 1. The topological polar surface area (TPSA) is 49.1 Å². The smallest absolute Gasteiger partial charge is 0.134 e. The minimum absolute atomic E-state index is 0.331. The van der Waals surface area contributed by atoms with E-state index in [4.69, 9.17) is 9.15 Å². The number of rotatable bonds is 5. The average Bonchev–Trinajstić information content (AvgIpc) is 3.00. The molecule has 1 unspecified atom stereocenters. The van der Waals surface area contributed by atoms with Crippen molar-refractivity contribution in [1.82, 2.24) is 9.80 Å². The van der Waals surface area contributed by atoms with E-state index in [0.29, 0.717) is 13.2 Å². The lowest BCUT2D eigenvalue weighted by Crippen LogP contribution is -2.47. The number of nitrogens with zero attached hydrogens (tertiary/aromatic N) is 2. The SMILES string of the molecule is CN1CCN(CC(O)COc2ccc3oc4c(c3c2)CCCC4)CC1. The predicted molar refractivity (Wildman–Crippen MR) is 98.3 cm³/mol. The van der Waals surface area contributed by atoms with Crippen molar-refractivity contribution in [3.8, 4) is 5.75 Å². The molecule has 136 valence electrons. The monoisotopic (exact) mass is 344 g/mol. The number of β-amino-alcohol motifs (C(OH)–C–C–N with tert-alkyl or cyclic N) is 1. The van der Waals surface area contributed by atoms with Crippen LogP contribution in [0.5, 0.6) is 5.75 Å². The third-order valence-electron chi connectivity index (χ3n) is 5.43. The first-order valence-electron chi connectivity index (χ1n) is 9.45. The van der Waals surface area contributed by atoms with Crippen molar-refractivity contribution in [2.75, 3.05) is 46.4 Å². The highest BCUT2D eigenvalue weighted by Gasteiger charge is 2.19. The summed E-state index contributed by atoms with van der Waals surface area (Å²) in [6.07, 6.45) is 4.13. The van der Waals surface area contributed by atoms with Crippen molar-refractivity contribution in [2.24, 2.45) is 0 Å². The van der Waals surface area contributed by atoms with Crippen molar-refractivity contribution in [1.29, 1.82) is 0 Å². The highest BCUT2D eigenvalue weighted by Crippen LogP contribution is 2.33. The summed E-state index contributed by atoms with van der Waals surface area (Å²) >= 11 is 0. The number of aryl methyl sites for hydroxylation is 2. The van der Waals surface area contributed by atoms with E-state index < -0.39 is 6.10 Å². The molecule has 5 heteroatoms. The minimum atomic E-state index is -0.461. The van der Waals surface area contributed by atoms with Crippen molar-refractivity contribution >= 4 is 11.0 Å². The van der Waals surface area contributed by atoms with Crippen LogP contribution in [0.2, 0.25) is 0 Å². The zero-order chi connectivity index (χ0) is 17.2. The predicted octanol–water partition coefficient (Wildman–Crippen LogP) is 2.30. The molecule has 1 aliphatic heterocycles.